The van der Waals surface area contributed by atoms with E-state index < -0.39 is 0 Å². The second-order valence-electron chi connectivity index (χ2n) is 4.73. The summed E-state index contributed by atoms with van der Waals surface area (Å²) >= 11 is 6.88. The van der Waals surface area contributed by atoms with Crippen LogP contribution in [0.1, 0.15) is 32.2 Å². The van der Waals surface area contributed by atoms with Crippen molar-refractivity contribution in [3.8, 4) is 0 Å². The van der Waals surface area contributed by atoms with Gasteiger partial charge in [0.1, 0.15) is 5.01 Å². The van der Waals surface area contributed by atoms with Crippen LogP contribution < -0.4 is 5.32 Å². The Morgan fingerprint density at radius 3 is 2.69 bits per heavy atom. The number of aromatic nitrogens is 2. The molecule has 0 atom stereocenters. The van der Waals surface area contributed by atoms with Gasteiger partial charge in [0, 0.05) is 18.7 Å². The van der Waals surface area contributed by atoms with Crippen molar-refractivity contribution in [1.82, 2.24) is 10.2 Å². The van der Waals surface area contributed by atoms with Crippen LogP contribution in [0.25, 0.3) is 0 Å². The zero-order valence-electron chi connectivity index (χ0n) is 9.71. The molecule has 0 spiro atoms. The van der Waals surface area contributed by atoms with Gasteiger partial charge >= 0.3 is 0 Å². The lowest BCUT2D eigenvalue weighted by Crippen LogP contribution is -2.11. The fourth-order valence-electron chi connectivity index (χ4n) is 1.10. The van der Waals surface area contributed by atoms with Crippen LogP contribution in [0.15, 0.2) is 0 Å². The normalized spacial score (nSPS) is 11.5. The number of halogens is 1. The van der Waals surface area contributed by atoms with Gasteiger partial charge in [0.2, 0.25) is 11.0 Å². The van der Waals surface area contributed by atoms with Gasteiger partial charge in [-0.15, -0.1) is 21.8 Å². The predicted molar refractivity (Wildman–Crippen MR) is 67.0 cm³/mol. The number of anilines is 1. The summed E-state index contributed by atoms with van der Waals surface area (Å²) in [6.45, 7) is 6.42. The number of carbonyl (C=O) groups excluding carboxylic acids is 1. The maximum atomic E-state index is 11.3. The molecule has 1 heterocycles. The number of alkyl halides is 1. The first-order valence-corrected chi connectivity index (χ1v) is 6.44. The molecule has 0 aromatic carbocycles. The van der Waals surface area contributed by atoms with Crippen molar-refractivity contribution in [2.45, 2.75) is 33.6 Å². The summed E-state index contributed by atoms with van der Waals surface area (Å²) in [5, 5.41) is 12.1. The van der Waals surface area contributed by atoms with E-state index >= 15 is 0 Å². The quantitative estimate of drug-likeness (QED) is 0.848. The van der Waals surface area contributed by atoms with Crippen molar-refractivity contribution in [2.75, 3.05) is 11.2 Å². The maximum Gasteiger partial charge on any atom is 0.227 e. The summed E-state index contributed by atoms with van der Waals surface area (Å²) in [4.78, 5) is 11.3. The van der Waals surface area contributed by atoms with Gasteiger partial charge < -0.3 is 5.32 Å². The van der Waals surface area contributed by atoms with Crippen LogP contribution in [0.3, 0.4) is 0 Å². The molecule has 1 aromatic rings. The molecular formula is C10H16ClN3OS. The van der Waals surface area contributed by atoms with Crippen molar-refractivity contribution in [2.24, 2.45) is 5.41 Å². The molecule has 0 aliphatic heterocycles. The molecule has 1 amide bonds. The topological polar surface area (TPSA) is 54.9 Å². The lowest BCUT2D eigenvalue weighted by Gasteiger charge is -2.14. The van der Waals surface area contributed by atoms with Crippen LogP contribution in [0, 0.1) is 5.41 Å². The van der Waals surface area contributed by atoms with Crippen LogP contribution in [0.4, 0.5) is 5.13 Å². The molecule has 0 aliphatic rings. The van der Waals surface area contributed by atoms with Gasteiger partial charge in [-0.2, -0.15) is 0 Å². The van der Waals surface area contributed by atoms with Crippen molar-refractivity contribution in [1.29, 1.82) is 0 Å². The molecule has 0 bridgehead atoms. The molecule has 6 heteroatoms. The number of amides is 1. The molecule has 1 rings (SSSR count). The van der Waals surface area contributed by atoms with Crippen molar-refractivity contribution in [3.63, 3.8) is 0 Å². The summed E-state index contributed by atoms with van der Waals surface area (Å²) in [6, 6.07) is 0. The minimum atomic E-state index is -0.117. The fraction of sp³-hybridized carbons (Fsp3) is 0.700. The molecule has 0 aliphatic carbocycles. The third-order valence-electron chi connectivity index (χ3n) is 1.72. The zero-order valence-corrected chi connectivity index (χ0v) is 11.3. The van der Waals surface area contributed by atoms with Crippen molar-refractivity contribution in [3.05, 3.63) is 5.01 Å². The van der Waals surface area contributed by atoms with Crippen LogP contribution in [0.2, 0.25) is 0 Å². The molecule has 0 saturated heterocycles. The number of nitrogens with zero attached hydrogens (tertiary/aromatic N) is 2. The summed E-state index contributed by atoms with van der Waals surface area (Å²) in [6.07, 6.45) is 1.16. The van der Waals surface area contributed by atoms with Crippen LogP contribution in [-0.2, 0) is 11.2 Å². The number of rotatable bonds is 4. The molecule has 16 heavy (non-hydrogen) atoms. The van der Waals surface area contributed by atoms with Gasteiger partial charge in [0.25, 0.3) is 0 Å². The number of nitrogens with one attached hydrogen (secondary N) is 1. The molecule has 90 valence electrons. The minimum absolute atomic E-state index is 0.117. The Labute approximate surface area is 104 Å². The first kappa shape index (κ1) is 13.4. The Bertz CT molecular complexity index is 359. The Balaban J connectivity index is 2.55. The third-order valence-corrected chi connectivity index (χ3v) is 2.74. The van der Waals surface area contributed by atoms with E-state index in [1.807, 2.05) is 0 Å². The monoisotopic (exact) mass is 261 g/mol. The van der Waals surface area contributed by atoms with Gasteiger partial charge in [0.05, 0.1) is 0 Å². The van der Waals surface area contributed by atoms with E-state index in [1.165, 1.54) is 11.3 Å². The summed E-state index contributed by atoms with van der Waals surface area (Å²) in [5.41, 5.74) is 0.178. The molecule has 0 unspecified atom stereocenters. The van der Waals surface area contributed by atoms with E-state index in [9.17, 15) is 4.79 Å². The van der Waals surface area contributed by atoms with Gasteiger partial charge in [-0.1, -0.05) is 32.1 Å². The SMILES string of the molecule is CC(C)(C)Cc1nnc(NC(=O)CCCl)s1. The first-order valence-electron chi connectivity index (χ1n) is 5.09. The summed E-state index contributed by atoms with van der Waals surface area (Å²) in [7, 11) is 0. The lowest BCUT2D eigenvalue weighted by molar-refractivity contribution is -0.115. The van der Waals surface area contributed by atoms with Crippen LogP contribution in [-0.4, -0.2) is 22.0 Å². The molecule has 1 aromatic heterocycles. The third kappa shape index (κ3) is 4.90. The second-order valence-corrected chi connectivity index (χ2v) is 6.17. The van der Waals surface area contributed by atoms with E-state index in [2.05, 4.69) is 36.3 Å². The van der Waals surface area contributed by atoms with Gasteiger partial charge in [-0.05, 0) is 5.41 Å². The molecule has 0 radical (unpaired) electrons. The van der Waals surface area contributed by atoms with E-state index in [1.54, 1.807) is 0 Å². The number of hydrogen-bond donors (Lipinski definition) is 1. The molecule has 1 N–H and O–H groups in total. The first-order chi connectivity index (χ1) is 7.40. The Kier molecular flexibility index (Phi) is 4.68. The summed E-state index contributed by atoms with van der Waals surface area (Å²) in [5.74, 6) is 0.202. The van der Waals surface area contributed by atoms with E-state index in [0.717, 1.165) is 11.4 Å². The molecule has 4 nitrogen and oxygen atoms in total. The highest BCUT2D eigenvalue weighted by molar-refractivity contribution is 7.15. The van der Waals surface area contributed by atoms with Gasteiger partial charge in [-0.25, -0.2) is 0 Å². The van der Waals surface area contributed by atoms with Crippen LogP contribution in [0.5, 0.6) is 0 Å². The van der Waals surface area contributed by atoms with Crippen LogP contribution >= 0.6 is 22.9 Å². The van der Waals surface area contributed by atoms with E-state index in [-0.39, 0.29) is 11.3 Å². The van der Waals surface area contributed by atoms with E-state index in [0.29, 0.717) is 17.4 Å². The smallest absolute Gasteiger partial charge is 0.227 e. The number of hydrogen-bond acceptors (Lipinski definition) is 4. The zero-order chi connectivity index (χ0) is 12.2. The average Bonchev–Trinajstić information content (AvgIpc) is 2.49. The Morgan fingerprint density at radius 1 is 1.44 bits per heavy atom. The largest absolute Gasteiger partial charge is 0.300 e. The Hall–Kier alpha value is -0.680. The van der Waals surface area contributed by atoms with Gasteiger partial charge in [-0.3, -0.25) is 4.79 Å². The maximum absolute atomic E-state index is 11.3. The molecule has 0 fully saturated rings. The fourth-order valence-corrected chi connectivity index (χ4v) is 2.32. The second kappa shape index (κ2) is 5.59. The predicted octanol–water partition coefficient (Wildman–Crippen LogP) is 2.69. The highest BCUT2D eigenvalue weighted by atomic mass is 35.5. The average molecular weight is 262 g/mol. The minimum Gasteiger partial charge on any atom is -0.300 e. The number of carbonyl (C=O) groups is 1. The lowest BCUT2D eigenvalue weighted by atomic mass is 9.93. The highest BCUT2D eigenvalue weighted by Crippen LogP contribution is 2.24. The Morgan fingerprint density at radius 2 is 2.12 bits per heavy atom. The van der Waals surface area contributed by atoms with E-state index in [4.69, 9.17) is 11.6 Å². The molecular weight excluding hydrogens is 246 g/mol. The summed E-state index contributed by atoms with van der Waals surface area (Å²) < 4.78 is 0. The molecule has 0 saturated carbocycles. The standard InChI is InChI=1S/C10H16ClN3OS/c1-10(2,3)6-8-13-14-9(16-8)12-7(15)4-5-11/h4-6H2,1-3H3,(H,12,14,15). The van der Waals surface area contributed by atoms with Crippen molar-refractivity contribution < 1.29 is 4.79 Å². The van der Waals surface area contributed by atoms with Gasteiger partial charge in [0.15, 0.2) is 0 Å². The highest BCUT2D eigenvalue weighted by Gasteiger charge is 2.15. The van der Waals surface area contributed by atoms with Crippen molar-refractivity contribution >= 4 is 34.0 Å².